The number of nitrogens with one attached hydrogen (secondary N) is 1. The van der Waals surface area contributed by atoms with Gasteiger partial charge in [-0.15, -0.1) is 11.8 Å². The van der Waals surface area contributed by atoms with Crippen LogP contribution in [-0.2, 0) is 16.0 Å². The summed E-state index contributed by atoms with van der Waals surface area (Å²) in [6, 6.07) is 10.2. The Kier molecular flexibility index (Phi) is 7.25. The Labute approximate surface area is 212 Å². The van der Waals surface area contributed by atoms with Crippen LogP contribution < -0.4 is 5.43 Å². The maximum atomic E-state index is 13.4. The number of hydrazine groups is 1. The summed E-state index contributed by atoms with van der Waals surface area (Å²) in [6.07, 6.45) is 4.22. The van der Waals surface area contributed by atoms with Crippen molar-refractivity contribution in [1.29, 1.82) is 0 Å². The first-order valence-corrected chi connectivity index (χ1v) is 14.1. The third kappa shape index (κ3) is 5.03. The molecule has 3 unspecified atom stereocenters. The Hall–Kier alpha value is -2.26. The molecule has 9 heteroatoms. The van der Waals surface area contributed by atoms with Crippen LogP contribution in [0.1, 0.15) is 45.1 Å². The number of rotatable bonds is 7. The summed E-state index contributed by atoms with van der Waals surface area (Å²) in [6.45, 7) is 6.35. The highest BCUT2D eigenvalue weighted by molar-refractivity contribution is 8.00. The van der Waals surface area contributed by atoms with E-state index in [9.17, 15) is 14.4 Å². The highest BCUT2D eigenvalue weighted by Gasteiger charge is 2.56. The first kappa shape index (κ1) is 24.4. The van der Waals surface area contributed by atoms with Gasteiger partial charge in [-0.1, -0.05) is 44.2 Å². The molecule has 0 aliphatic carbocycles. The molecular weight excluding hydrogens is 462 g/mol. The fourth-order valence-electron chi connectivity index (χ4n) is 5.74. The van der Waals surface area contributed by atoms with Crippen LogP contribution in [-0.4, -0.2) is 87.1 Å². The molecule has 0 radical (unpaired) electrons. The van der Waals surface area contributed by atoms with E-state index in [0.29, 0.717) is 18.4 Å². The number of hydrogen-bond acceptors (Lipinski definition) is 5. The van der Waals surface area contributed by atoms with Gasteiger partial charge < -0.3 is 9.80 Å². The summed E-state index contributed by atoms with van der Waals surface area (Å²) in [4.78, 5) is 45.3. The minimum Gasteiger partial charge on any atom is -0.341 e. The lowest BCUT2D eigenvalue weighted by molar-refractivity contribution is -0.144. The maximum absolute atomic E-state index is 13.4. The first-order chi connectivity index (χ1) is 16.9. The summed E-state index contributed by atoms with van der Waals surface area (Å²) >= 11 is 1.66. The van der Waals surface area contributed by atoms with E-state index >= 15 is 0 Å². The number of thioether (sulfide) groups is 1. The Morgan fingerprint density at radius 3 is 2.57 bits per heavy atom. The third-order valence-corrected chi connectivity index (χ3v) is 9.15. The molecule has 1 aromatic carbocycles. The van der Waals surface area contributed by atoms with Crippen molar-refractivity contribution in [2.75, 3.05) is 31.9 Å². The number of fused-ring (bicyclic) bond motifs is 3. The van der Waals surface area contributed by atoms with Gasteiger partial charge in [0.1, 0.15) is 11.8 Å². The minimum atomic E-state index is -0.488. The normalized spacial score (nSPS) is 27.1. The third-order valence-electron chi connectivity index (χ3n) is 7.80. The van der Waals surface area contributed by atoms with E-state index in [4.69, 9.17) is 0 Å². The average molecular weight is 500 g/mol. The van der Waals surface area contributed by atoms with Crippen molar-refractivity contribution in [3.05, 3.63) is 35.9 Å². The summed E-state index contributed by atoms with van der Waals surface area (Å²) in [7, 11) is 0. The van der Waals surface area contributed by atoms with Gasteiger partial charge in [0.05, 0.1) is 6.04 Å². The Morgan fingerprint density at radius 1 is 1.11 bits per heavy atom. The smallest absolute Gasteiger partial charge is 0.337 e. The van der Waals surface area contributed by atoms with E-state index in [-0.39, 0.29) is 35.7 Å². The lowest BCUT2D eigenvalue weighted by Crippen LogP contribution is -2.66. The zero-order valence-corrected chi connectivity index (χ0v) is 21.6. The largest absolute Gasteiger partial charge is 0.341 e. The van der Waals surface area contributed by atoms with Crippen LogP contribution in [0.3, 0.4) is 0 Å². The van der Waals surface area contributed by atoms with E-state index in [0.717, 1.165) is 50.9 Å². The van der Waals surface area contributed by atoms with Crippen LogP contribution >= 0.6 is 11.8 Å². The van der Waals surface area contributed by atoms with Gasteiger partial charge in [0.25, 0.3) is 0 Å². The molecule has 4 heterocycles. The molecule has 4 saturated heterocycles. The quantitative estimate of drug-likeness (QED) is 0.624. The van der Waals surface area contributed by atoms with Gasteiger partial charge in [-0.25, -0.2) is 9.80 Å². The van der Waals surface area contributed by atoms with Crippen molar-refractivity contribution >= 4 is 29.6 Å². The average Bonchev–Trinajstić information content (AvgIpc) is 3.45. The maximum Gasteiger partial charge on any atom is 0.337 e. The lowest BCUT2D eigenvalue weighted by atomic mass is 9.90. The number of piperidine rings is 1. The van der Waals surface area contributed by atoms with E-state index in [1.54, 1.807) is 11.8 Å². The predicted octanol–water partition coefficient (Wildman–Crippen LogP) is 2.76. The van der Waals surface area contributed by atoms with Crippen molar-refractivity contribution in [3.8, 4) is 0 Å². The van der Waals surface area contributed by atoms with E-state index in [1.165, 1.54) is 10.6 Å². The predicted molar refractivity (Wildman–Crippen MR) is 136 cm³/mol. The Morgan fingerprint density at radius 2 is 1.86 bits per heavy atom. The summed E-state index contributed by atoms with van der Waals surface area (Å²) in [5.74, 6) is 2.02. The number of urea groups is 1. The van der Waals surface area contributed by atoms with Gasteiger partial charge in [-0.2, -0.15) is 5.43 Å². The van der Waals surface area contributed by atoms with E-state index < -0.39 is 6.29 Å². The van der Waals surface area contributed by atoms with E-state index in [1.807, 2.05) is 20.8 Å². The topological polar surface area (TPSA) is 76.2 Å². The molecule has 0 aromatic heterocycles. The Bertz CT molecular complexity index is 936. The molecule has 4 aliphatic heterocycles. The molecule has 1 N–H and O–H groups in total. The zero-order valence-electron chi connectivity index (χ0n) is 20.8. The first-order valence-electron chi connectivity index (χ1n) is 13.0. The molecule has 5 rings (SSSR count). The minimum absolute atomic E-state index is 0.00588. The fraction of sp³-hybridized carbons (Fsp3) is 0.654. The zero-order chi connectivity index (χ0) is 24.5. The number of carbonyl (C=O) groups is 3. The SMILES string of the molecule is CC(C)CCN1C(=O)C2SCCC2N2C(=O)N(CC(=O)N3CCC(Cc4ccccc4)CC3)NC12. The molecule has 4 amide bonds. The molecule has 3 atom stereocenters. The van der Waals surface area contributed by atoms with Gasteiger partial charge in [0.15, 0.2) is 6.29 Å². The molecule has 8 nitrogen and oxygen atoms in total. The lowest BCUT2D eigenvalue weighted by Gasteiger charge is -2.44. The van der Waals surface area contributed by atoms with Crippen LogP contribution in [0.15, 0.2) is 30.3 Å². The van der Waals surface area contributed by atoms with Gasteiger partial charge >= 0.3 is 6.03 Å². The van der Waals surface area contributed by atoms with Gasteiger partial charge in [0, 0.05) is 19.6 Å². The van der Waals surface area contributed by atoms with Crippen LogP contribution in [0.5, 0.6) is 0 Å². The molecule has 190 valence electrons. The summed E-state index contributed by atoms with van der Waals surface area (Å²) < 4.78 is 0. The molecule has 1 aromatic rings. The van der Waals surface area contributed by atoms with Crippen LogP contribution in [0.4, 0.5) is 4.79 Å². The molecule has 35 heavy (non-hydrogen) atoms. The standard InChI is InChI=1S/C26H37N5O3S/c1-18(2)8-14-29-24(33)23-21(11-15-35-23)31-25(29)27-30(26(31)34)17-22(32)28-12-9-20(10-13-28)16-19-6-4-3-5-7-19/h3-7,18,20-21,23,25,27H,8-17H2,1-2H3. The number of nitrogens with zero attached hydrogens (tertiary/aromatic N) is 4. The number of likely N-dealkylation sites (tertiary alicyclic amines) is 1. The van der Waals surface area contributed by atoms with Crippen molar-refractivity contribution in [1.82, 2.24) is 25.1 Å². The second-order valence-electron chi connectivity index (χ2n) is 10.7. The highest BCUT2D eigenvalue weighted by atomic mass is 32.2. The molecule has 0 spiro atoms. The van der Waals surface area contributed by atoms with Gasteiger partial charge in [-0.3, -0.25) is 14.5 Å². The van der Waals surface area contributed by atoms with Gasteiger partial charge in [-0.05, 0) is 55.3 Å². The van der Waals surface area contributed by atoms with Crippen LogP contribution in [0.25, 0.3) is 0 Å². The molecule has 0 saturated carbocycles. The van der Waals surface area contributed by atoms with Crippen molar-refractivity contribution < 1.29 is 14.4 Å². The van der Waals surface area contributed by atoms with Crippen molar-refractivity contribution in [2.24, 2.45) is 11.8 Å². The number of benzene rings is 1. The van der Waals surface area contributed by atoms with Gasteiger partial charge in [0.2, 0.25) is 11.8 Å². The highest BCUT2D eigenvalue weighted by Crippen LogP contribution is 2.39. The summed E-state index contributed by atoms with van der Waals surface area (Å²) in [5, 5.41) is 1.26. The molecule has 4 fully saturated rings. The number of amides is 4. The second kappa shape index (κ2) is 10.4. The van der Waals surface area contributed by atoms with Crippen LogP contribution in [0, 0.1) is 11.8 Å². The fourth-order valence-corrected chi connectivity index (χ4v) is 7.14. The summed E-state index contributed by atoms with van der Waals surface area (Å²) in [5.41, 5.74) is 4.58. The van der Waals surface area contributed by atoms with Crippen LogP contribution in [0.2, 0.25) is 0 Å². The number of carbonyl (C=O) groups excluding carboxylic acids is 3. The van der Waals surface area contributed by atoms with Crippen molar-refractivity contribution in [2.45, 2.75) is 63.5 Å². The monoisotopic (exact) mass is 499 g/mol. The van der Waals surface area contributed by atoms with E-state index in [2.05, 4.69) is 43.5 Å². The number of hydrogen-bond donors (Lipinski definition) is 1. The molecular formula is C26H37N5O3S. The molecule has 4 aliphatic rings. The second-order valence-corrected chi connectivity index (χ2v) is 11.9. The Balaban J connectivity index is 1.20. The molecule has 0 bridgehead atoms. The van der Waals surface area contributed by atoms with Crippen molar-refractivity contribution in [3.63, 3.8) is 0 Å².